The number of hydrogen-bond donors (Lipinski definition) is 1. The number of carbonyl (C=O) groups excluding carboxylic acids is 5. The Balaban J connectivity index is 2.39. The molecule has 232 valence electrons. The number of ether oxygens (including phenoxy) is 4. The number of benzene rings is 1. The zero-order chi connectivity index (χ0) is 31.2. The summed E-state index contributed by atoms with van der Waals surface area (Å²) < 4.78 is 22.0. The lowest BCUT2D eigenvalue weighted by atomic mass is 9.98. The first kappa shape index (κ1) is 34.5. The molecule has 2 amide bonds. The fraction of sp³-hybridized carbons (Fsp3) is 0.581. The minimum atomic E-state index is -1.51. The first-order valence-corrected chi connectivity index (χ1v) is 14.3. The number of nitrogens with zero attached hydrogens (tertiary/aromatic N) is 1. The molecule has 1 heterocycles. The number of amides is 2. The number of carbonyl (C=O) groups is 5. The van der Waals surface area contributed by atoms with Gasteiger partial charge in [0.2, 0.25) is 5.91 Å². The van der Waals surface area contributed by atoms with E-state index < -0.39 is 54.3 Å². The molecule has 0 bridgehead atoms. The van der Waals surface area contributed by atoms with Crippen molar-refractivity contribution >= 4 is 29.7 Å². The first-order valence-electron chi connectivity index (χ1n) is 14.3. The SMILES string of the molecule is CCC(C)C=C[C@@H](OC(C)=O)[C@H](OC(C)=O)[C@@H](OC(C)=O)[C@@H](OC)C(=O)N[C@H]1CCCCN(Cc2ccccc2)C1=O. The van der Waals surface area contributed by atoms with Gasteiger partial charge in [0.25, 0.3) is 5.91 Å². The molecule has 1 fully saturated rings. The highest BCUT2D eigenvalue weighted by molar-refractivity contribution is 5.90. The Labute approximate surface area is 247 Å². The monoisotopic (exact) mass is 588 g/mol. The van der Waals surface area contributed by atoms with Gasteiger partial charge in [-0.2, -0.15) is 0 Å². The fourth-order valence-electron chi connectivity index (χ4n) is 4.69. The molecule has 0 aromatic heterocycles. The molecule has 1 N–H and O–H groups in total. The van der Waals surface area contributed by atoms with Gasteiger partial charge in [0, 0.05) is 41.0 Å². The third kappa shape index (κ3) is 10.9. The van der Waals surface area contributed by atoms with Crippen molar-refractivity contribution in [2.45, 2.75) is 97.3 Å². The third-order valence-corrected chi connectivity index (χ3v) is 6.95. The van der Waals surface area contributed by atoms with Gasteiger partial charge < -0.3 is 29.2 Å². The highest BCUT2D eigenvalue weighted by atomic mass is 16.6. The Morgan fingerprint density at radius 3 is 2.14 bits per heavy atom. The van der Waals surface area contributed by atoms with Crippen LogP contribution in [0.1, 0.15) is 65.9 Å². The Hall–Kier alpha value is -3.73. The molecule has 42 heavy (non-hydrogen) atoms. The van der Waals surface area contributed by atoms with Crippen molar-refractivity contribution in [1.82, 2.24) is 10.2 Å². The minimum Gasteiger partial charge on any atom is -0.455 e. The van der Waals surface area contributed by atoms with Crippen molar-refractivity contribution in [1.29, 1.82) is 0 Å². The van der Waals surface area contributed by atoms with Gasteiger partial charge in [0.05, 0.1) is 0 Å². The summed E-state index contributed by atoms with van der Waals surface area (Å²) in [4.78, 5) is 65.3. The van der Waals surface area contributed by atoms with E-state index in [1.807, 2.05) is 44.2 Å². The molecule has 0 spiro atoms. The van der Waals surface area contributed by atoms with Crippen LogP contribution in [0.5, 0.6) is 0 Å². The molecule has 11 nitrogen and oxygen atoms in total. The molecule has 1 aliphatic heterocycles. The van der Waals surface area contributed by atoms with E-state index in [9.17, 15) is 24.0 Å². The topological polar surface area (TPSA) is 138 Å². The first-order chi connectivity index (χ1) is 20.0. The van der Waals surface area contributed by atoms with Gasteiger partial charge in [-0.05, 0) is 36.8 Å². The maximum atomic E-state index is 13.7. The van der Waals surface area contributed by atoms with Gasteiger partial charge in [-0.25, -0.2) is 0 Å². The largest absolute Gasteiger partial charge is 0.455 e. The molecular formula is C31H44N2O9. The predicted molar refractivity (Wildman–Crippen MR) is 154 cm³/mol. The number of hydrogen-bond acceptors (Lipinski definition) is 9. The molecule has 1 aliphatic rings. The molecular weight excluding hydrogens is 544 g/mol. The van der Waals surface area contributed by atoms with Crippen LogP contribution in [0.2, 0.25) is 0 Å². The zero-order valence-corrected chi connectivity index (χ0v) is 25.4. The summed E-state index contributed by atoms with van der Waals surface area (Å²) in [6.45, 7) is 8.34. The normalized spacial score (nSPS) is 19.1. The van der Waals surface area contributed by atoms with Gasteiger partial charge in [0.15, 0.2) is 24.4 Å². The summed E-state index contributed by atoms with van der Waals surface area (Å²) in [5.41, 5.74) is 0.966. The summed E-state index contributed by atoms with van der Waals surface area (Å²) >= 11 is 0. The van der Waals surface area contributed by atoms with Crippen LogP contribution in [0.3, 0.4) is 0 Å². The molecule has 1 aromatic carbocycles. The average molecular weight is 589 g/mol. The van der Waals surface area contributed by atoms with Crippen molar-refractivity contribution < 1.29 is 42.9 Å². The molecule has 0 aliphatic carbocycles. The summed E-state index contributed by atoms with van der Waals surface area (Å²) in [6.07, 6.45) is 0.356. The van der Waals surface area contributed by atoms with E-state index in [-0.39, 0.29) is 11.8 Å². The van der Waals surface area contributed by atoms with E-state index in [0.717, 1.165) is 32.3 Å². The maximum absolute atomic E-state index is 13.7. The van der Waals surface area contributed by atoms with Crippen LogP contribution >= 0.6 is 0 Å². The molecule has 1 unspecified atom stereocenters. The molecule has 6 atom stereocenters. The van der Waals surface area contributed by atoms with Crippen molar-refractivity contribution in [2.75, 3.05) is 13.7 Å². The van der Waals surface area contributed by atoms with Crippen molar-refractivity contribution in [3.8, 4) is 0 Å². The highest BCUT2D eigenvalue weighted by Gasteiger charge is 2.45. The Morgan fingerprint density at radius 2 is 1.57 bits per heavy atom. The van der Waals surface area contributed by atoms with Crippen molar-refractivity contribution in [3.63, 3.8) is 0 Å². The Kier molecular flexibility index (Phi) is 14.2. The number of esters is 3. The van der Waals surface area contributed by atoms with Gasteiger partial charge in [-0.3, -0.25) is 24.0 Å². The number of methoxy groups -OCH3 is 1. The zero-order valence-electron chi connectivity index (χ0n) is 25.4. The second-order valence-electron chi connectivity index (χ2n) is 10.5. The molecule has 1 saturated heterocycles. The molecule has 1 aromatic rings. The summed E-state index contributed by atoms with van der Waals surface area (Å²) in [7, 11) is 1.23. The van der Waals surface area contributed by atoms with E-state index in [0.29, 0.717) is 25.9 Å². The summed E-state index contributed by atoms with van der Waals surface area (Å²) in [6, 6.07) is 8.71. The van der Waals surface area contributed by atoms with Crippen molar-refractivity contribution in [2.24, 2.45) is 5.92 Å². The smallest absolute Gasteiger partial charge is 0.303 e. The number of allylic oxidation sites excluding steroid dienone is 1. The molecule has 0 radical (unpaired) electrons. The van der Waals surface area contributed by atoms with Crippen molar-refractivity contribution in [3.05, 3.63) is 48.0 Å². The Morgan fingerprint density at radius 1 is 0.952 bits per heavy atom. The maximum Gasteiger partial charge on any atom is 0.303 e. The lowest BCUT2D eigenvalue weighted by molar-refractivity contribution is -0.192. The average Bonchev–Trinajstić information content (AvgIpc) is 3.10. The van der Waals surface area contributed by atoms with E-state index in [1.54, 1.807) is 17.1 Å². The van der Waals surface area contributed by atoms with E-state index in [1.165, 1.54) is 14.0 Å². The minimum absolute atomic E-state index is 0.0924. The van der Waals surface area contributed by atoms with Gasteiger partial charge in [-0.15, -0.1) is 0 Å². The highest BCUT2D eigenvalue weighted by Crippen LogP contribution is 2.22. The number of nitrogens with one attached hydrogen (secondary N) is 1. The summed E-state index contributed by atoms with van der Waals surface area (Å²) in [5.74, 6) is -3.10. The van der Waals surface area contributed by atoms with Gasteiger partial charge in [-0.1, -0.05) is 56.7 Å². The standard InChI is InChI=1S/C31H44N2O9/c1-7-20(2)16-17-26(40-21(3)34)27(41-22(4)35)28(42-23(5)36)29(39-6)30(37)32-25-15-11-12-18-33(31(25)38)19-24-13-9-8-10-14-24/h8-10,13-14,16-17,20,25-29H,7,11-12,15,18-19H2,1-6H3,(H,32,37)/t20?,25-,26+,27-,28+,29+/m0/s1. The second-order valence-corrected chi connectivity index (χ2v) is 10.5. The second kappa shape index (κ2) is 17.3. The van der Waals surface area contributed by atoms with Crippen LogP contribution in [0, 0.1) is 5.92 Å². The van der Waals surface area contributed by atoms with Crippen LogP contribution in [0.4, 0.5) is 0 Å². The van der Waals surface area contributed by atoms with E-state index >= 15 is 0 Å². The van der Waals surface area contributed by atoms with E-state index in [4.69, 9.17) is 18.9 Å². The quantitative estimate of drug-likeness (QED) is 0.197. The third-order valence-electron chi connectivity index (χ3n) is 6.95. The Bertz CT molecular complexity index is 1090. The van der Waals surface area contributed by atoms with E-state index in [2.05, 4.69) is 5.32 Å². The number of likely N-dealkylation sites (tertiary alicyclic amines) is 1. The molecule has 2 rings (SSSR count). The summed E-state index contributed by atoms with van der Waals surface area (Å²) in [5, 5.41) is 2.76. The van der Waals surface area contributed by atoms with Crippen LogP contribution in [-0.2, 0) is 49.5 Å². The van der Waals surface area contributed by atoms with Crippen LogP contribution in [0.15, 0.2) is 42.5 Å². The predicted octanol–water partition coefficient (Wildman–Crippen LogP) is 3.10. The lowest BCUT2D eigenvalue weighted by Crippen LogP contribution is -2.58. The van der Waals surface area contributed by atoms with Crippen LogP contribution < -0.4 is 5.32 Å². The number of rotatable bonds is 14. The fourth-order valence-corrected chi connectivity index (χ4v) is 4.69. The molecule has 11 heteroatoms. The van der Waals surface area contributed by atoms with Crippen LogP contribution in [0.25, 0.3) is 0 Å². The van der Waals surface area contributed by atoms with Gasteiger partial charge in [0.1, 0.15) is 6.04 Å². The van der Waals surface area contributed by atoms with Crippen LogP contribution in [-0.4, -0.2) is 78.7 Å². The lowest BCUT2D eigenvalue weighted by Gasteiger charge is -2.34. The van der Waals surface area contributed by atoms with Gasteiger partial charge >= 0.3 is 17.9 Å². The molecule has 0 saturated carbocycles.